The normalized spacial score (nSPS) is 17.6. The number of hydrogen-bond acceptors (Lipinski definition) is 3. The van der Waals surface area contributed by atoms with Gasteiger partial charge in [-0.15, -0.1) is 0 Å². The smallest absolute Gasteiger partial charge is 0.319 e. The van der Waals surface area contributed by atoms with Crippen molar-refractivity contribution >= 4 is 23.7 Å². The van der Waals surface area contributed by atoms with E-state index in [0.29, 0.717) is 31.9 Å². The van der Waals surface area contributed by atoms with Crippen molar-refractivity contribution in [3.63, 3.8) is 0 Å². The zero-order valence-electron chi connectivity index (χ0n) is 17.1. The molecule has 1 aromatic rings. The van der Waals surface area contributed by atoms with E-state index in [1.54, 1.807) is 15.9 Å². The van der Waals surface area contributed by atoms with E-state index in [1.165, 1.54) is 19.3 Å². The van der Waals surface area contributed by atoms with Gasteiger partial charge in [-0.05, 0) is 37.5 Å². The number of aryl methyl sites for hydroxylation is 1. The SMILES string of the molecule is Cc1cccc(NC(=O)NCC(=O)N2CCN(C(=O)NC3CCCCC3)CC2)c1. The Hall–Kier alpha value is -2.77. The zero-order chi connectivity index (χ0) is 20.6. The average molecular weight is 402 g/mol. The van der Waals surface area contributed by atoms with E-state index in [4.69, 9.17) is 0 Å². The number of urea groups is 2. The van der Waals surface area contributed by atoms with Crippen molar-refractivity contribution in [3.8, 4) is 0 Å². The van der Waals surface area contributed by atoms with Gasteiger partial charge in [0.1, 0.15) is 0 Å². The minimum atomic E-state index is -0.408. The Kier molecular flexibility index (Phi) is 7.32. The third kappa shape index (κ3) is 6.37. The largest absolute Gasteiger partial charge is 0.338 e. The van der Waals surface area contributed by atoms with Crippen molar-refractivity contribution in [1.82, 2.24) is 20.4 Å². The van der Waals surface area contributed by atoms with Gasteiger partial charge in [-0.25, -0.2) is 9.59 Å². The topological polar surface area (TPSA) is 93.8 Å². The first-order chi connectivity index (χ1) is 14.0. The van der Waals surface area contributed by atoms with Crippen molar-refractivity contribution in [1.29, 1.82) is 0 Å². The molecule has 0 atom stereocenters. The summed E-state index contributed by atoms with van der Waals surface area (Å²) in [4.78, 5) is 40.2. The molecule has 0 bridgehead atoms. The standard InChI is InChI=1S/C21H31N5O3/c1-16-6-5-9-18(14-16)23-20(28)22-15-19(27)25-10-12-26(13-11-25)21(29)24-17-7-3-2-4-8-17/h5-6,9,14,17H,2-4,7-8,10-13,15H2,1H3,(H,24,29)(H2,22,23,28). The fourth-order valence-corrected chi connectivity index (χ4v) is 3.84. The van der Waals surface area contributed by atoms with Crippen molar-refractivity contribution in [2.75, 3.05) is 38.0 Å². The van der Waals surface area contributed by atoms with Gasteiger partial charge in [0.2, 0.25) is 5.91 Å². The van der Waals surface area contributed by atoms with Crippen molar-refractivity contribution in [2.24, 2.45) is 0 Å². The molecule has 0 unspecified atom stereocenters. The van der Waals surface area contributed by atoms with Gasteiger partial charge in [-0.3, -0.25) is 4.79 Å². The zero-order valence-corrected chi connectivity index (χ0v) is 17.1. The number of piperazine rings is 1. The molecular weight excluding hydrogens is 370 g/mol. The van der Waals surface area contributed by atoms with Gasteiger partial charge < -0.3 is 25.8 Å². The molecule has 0 radical (unpaired) electrons. The van der Waals surface area contributed by atoms with Gasteiger partial charge in [0.05, 0.1) is 6.54 Å². The Labute approximate surface area is 172 Å². The molecule has 2 aliphatic rings. The Bertz CT molecular complexity index is 725. The predicted molar refractivity (Wildman–Crippen MR) is 112 cm³/mol. The molecule has 1 aliphatic carbocycles. The summed E-state index contributed by atoms with van der Waals surface area (Å²) >= 11 is 0. The Morgan fingerprint density at radius 3 is 2.38 bits per heavy atom. The summed E-state index contributed by atoms with van der Waals surface area (Å²) in [6, 6.07) is 7.31. The molecule has 0 aromatic heterocycles. The summed E-state index contributed by atoms with van der Waals surface area (Å²) in [7, 11) is 0. The van der Waals surface area contributed by atoms with E-state index in [2.05, 4.69) is 16.0 Å². The van der Waals surface area contributed by atoms with E-state index < -0.39 is 6.03 Å². The van der Waals surface area contributed by atoms with Crippen LogP contribution in [0.5, 0.6) is 0 Å². The van der Waals surface area contributed by atoms with Gasteiger partial charge in [-0.2, -0.15) is 0 Å². The molecule has 5 amide bonds. The lowest BCUT2D eigenvalue weighted by Crippen LogP contribution is -2.56. The van der Waals surface area contributed by atoms with Gasteiger partial charge in [0.15, 0.2) is 0 Å². The third-order valence-corrected chi connectivity index (χ3v) is 5.53. The number of benzene rings is 1. The molecular formula is C21H31N5O3. The summed E-state index contributed by atoms with van der Waals surface area (Å²) in [6.45, 7) is 3.88. The maximum absolute atomic E-state index is 12.4. The Morgan fingerprint density at radius 2 is 1.69 bits per heavy atom. The molecule has 0 spiro atoms. The second kappa shape index (κ2) is 10.1. The van der Waals surface area contributed by atoms with E-state index in [-0.39, 0.29) is 24.5 Å². The molecule has 3 rings (SSSR count). The second-order valence-electron chi connectivity index (χ2n) is 7.83. The Morgan fingerprint density at radius 1 is 1.00 bits per heavy atom. The molecule has 1 aromatic carbocycles. The first-order valence-corrected chi connectivity index (χ1v) is 10.5. The maximum atomic E-state index is 12.4. The van der Waals surface area contributed by atoms with Crippen LogP contribution in [0.2, 0.25) is 0 Å². The van der Waals surface area contributed by atoms with E-state index in [1.807, 2.05) is 25.1 Å². The number of anilines is 1. The molecule has 1 aliphatic heterocycles. The summed E-state index contributed by atoms with van der Waals surface area (Å²) in [5.74, 6) is -0.142. The molecule has 1 heterocycles. The number of hydrogen-bond donors (Lipinski definition) is 3. The summed E-state index contributed by atoms with van der Waals surface area (Å²) in [5.41, 5.74) is 1.73. The minimum Gasteiger partial charge on any atom is -0.338 e. The van der Waals surface area contributed by atoms with E-state index in [9.17, 15) is 14.4 Å². The minimum absolute atomic E-state index is 0.0281. The van der Waals surface area contributed by atoms with Crippen LogP contribution in [0.1, 0.15) is 37.7 Å². The van der Waals surface area contributed by atoms with Crippen LogP contribution in [0, 0.1) is 6.92 Å². The van der Waals surface area contributed by atoms with Crippen molar-refractivity contribution < 1.29 is 14.4 Å². The van der Waals surface area contributed by atoms with Crippen LogP contribution in [0.3, 0.4) is 0 Å². The average Bonchev–Trinajstić information content (AvgIpc) is 2.73. The fraction of sp³-hybridized carbons (Fsp3) is 0.571. The molecule has 158 valence electrons. The molecule has 8 heteroatoms. The third-order valence-electron chi connectivity index (χ3n) is 5.53. The van der Waals surface area contributed by atoms with Crippen LogP contribution in [0.25, 0.3) is 0 Å². The molecule has 2 fully saturated rings. The first kappa shape index (κ1) is 21.0. The number of nitrogens with one attached hydrogen (secondary N) is 3. The highest BCUT2D eigenvalue weighted by atomic mass is 16.2. The van der Waals surface area contributed by atoms with Gasteiger partial charge in [-0.1, -0.05) is 31.4 Å². The monoisotopic (exact) mass is 401 g/mol. The number of carbonyl (C=O) groups is 3. The number of rotatable bonds is 4. The van der Waals surface area contributed by atoms with E-state index in [0.717, 1.165) is 18.4 Å². The lowest BCUT2D eigenvalue weighted by molar-refractivity contribution is -0.131. The second-order valence-corrected chi connectivity index (χ2v) is 7.83. The Balaban J connectivity index is 1.36. The van der Waals surface area contributed by atoms with E-state index >= 15 is 0 Å². The highest BCUT2D eigenvalue weighted by Crippen LogP contribution is 2.17. The first-order valence-electron chi connectivity index (χ1n) is 10.5. The van der Waals surface area contributed by atoms with Crippen LogP contribution in [-0.2, 0) is 4.79 Å². The maximum Gasteiger partial charge on any atom is 0.319 e. The van der Waals surface area contributed by atoms with Crippen LogP contribution < -0.4 is 16.0 Å². The summed E-state index contributed by atoms with van der Waals surface area (Å²) in [6.07, 6.45) is 5.72. The lowest BCUT2D eigenvalue weighted by atomic mass is 9.96. The number of nitrogens with zero attached hydrogens (tertiary/aromatic N) is 2. The van der Waals surface area contributed by atoms with Crippen LogP contribution in [0.15, 0.2) is 24.3 Å². The van der Waals surface area contributed by atoms with Crippen LogP contribution >= 0.6 is 0 Å². The predicted octanol–water partition coefficient (Wildman–Crippen LogP) is 2.30. The van der Waals surface area contributed by atoms with Crippen LogP contribution in [-0.4, -0.2) is 66.5 Å². The molecule has 29 heavy (non-hydrogen) atoms. The number of amides is 5. The molecule has 8 nitrogen and oxygen atoms in total. The quantitative estimate of drug-likeness (QED) is 0.723. The van der Waals surface area contributed by atoms with Crippen LogP contribution in [0.4, 0.5) is 15.3 Å². The summed E-state index contributed by atoms with van der Waals surface area (Å²) in [5, 5.41) is 8.44. The molecule has 1 saturated carbocycles. The lowest BCUT2D eigenvalue weighted by Gasteiger charge is -2.36. The number of carbonyl (C=O) groups excluding carboxylic acids is 3. The molecule has 1 saturated heterocycles. The molecule has 3 N–H and O–H groups in total. The van der Waals surface area contributed by atoms with Gasteiger partial charge >= 0.3 is 12.1 Å². The van der Waals surface area contributed by atoms with Crippen molar-refractivity contribution in [2.45, 2.75) is 45.1 Å². The summed E-state index contributed by atoms with van der Waals surface area (Å²) < 4.78 is 0. The van der Waals surface area contributed by atoms with Crippen molar-refractivity contribution in [3.05, 3.63) is 29.8 Å². The highest BCUT2D eigenvalue weighted by molar-refractivity contribution is 5.92. The van der Waals surface area contributed by atoms with Gasteiger partial charge in [0.25, 0.3) is 0 Å². The van der Waals surface area contributed by atoms with Gasteiger partial charge in [0, 0.05) is 37.9 Å². The highest BCUT2D eigenvalue weighted by Gasteiger charge is 2.26. The fourth-order valence-electron chi connectivity index (χ4n) is 3.84.